The fourth-order valence-corrected chi connectivity index (χ4v) is 4.84. The predicted molar refractivity (Wildman–Crippen MR) is 127 cm³/mol. The minimum Gasteiger partial charge on any atom is -0.298 e. The van der Waals surface area contributed by atoms with Crippen LogP contribution in [0.15, 0.2) is 93.6 Å². The van der Waals surface area contributed by atoms with E-state index in [0.717, 1.165) is 15.7 Å². The molecule has 0 saturated heterocycles. The van der Waals surface area contributed by atoms with Gasteiger partial charge in [0.05, 0.1) is 10.6 Å². The van der Waals surface area contributed by atoms with Crippen LogP contribution >= 0.6 is 27.3 Å². The number of carbonyl (C=O) groups is 1. The lowest BCUT2D eigenvalue weighted by atomic mass is 10.2. The lowest BCUT2D eigenvalue weighted by molar-refractivity contribution is 0.102. The van der Waals surface area contributed by atoms with Crippen LogP contribution in [0.5, 0.6) is 0 Å². The number of halogens is 1. The van der Waals surface area contributed by atoms with E-state index in [2.05, 4.69) is 31.0 Å². The summed E-state index contributed by atoms with van der Waals surface area (Å²) in [5.74, 6) is -0.377. The molecule has 0 aliphatic rings. The van der Waals surface area contributed by atoms with Crippen molar-refractivity contribution >= 4 is 54.0 Å². The molecule has 0 unspecified atom stereocenters. The number of nitrogens with one attached hydrogen (secondary N) is 2. The first kappa shape index (κ1) is 21.2. The van der Waals surface area contributed by atoms with E-state index in [4.69, 9.17) is 0 Å². The van der Waals surface area contributed by atoms with Gasteiger partial charge in [-0.25, -0.2) is 13.4 Å². The minimum atomic E-state index is -3.74. The van der Waals surface area contributed by atoms with Gasteiger partial charge < -0.3 is 0 Å². The van der Waals surface area contributed by atoms with Crippen LogP contribution in [0.2, 0.25) is 0 Å². The van der Waals surface area contributed by atoms with Gasteiger partial charge in [-0.1, -0.05) is 52.3 Å². The molecule has 3 aromatic carbocycles. The normalized spacial score (nSPS) is 11.1. The van der Waals surface area contributed by atoms with Crippen molar-refractivity contribution in [2.75, 3.05) is 10.0 Å². The number of benzene rings is 3. The molecule has 0 bridgehead atoms. The zero-order valence-corrected chi connectivity index (χ0v) is 19.2. The summed E-state index contributed by atoms with van der Waals surface area (Å²) < 4.78 is 28.5. The molecule has 6 nitrogen and oxygen atoms in total. The number of rotatable bonds is 6. The molecule has 0 fully saturated rings. The van der Waals surface area contributed by atoms with Gasteiger partial charge in [0.2, 0.25) is 0 Å². The van der Waals surface area contributed by atoms with Crippen molar-refractivity contribution in [3.8, 4) is 11.3 Å². The first-order valence-corrected chi connectivity index (χ1v) is 12.3. The number of amides is 1. The van der Waals surface area contributed by atoms with Crippen LogP contribution in [0.1, 0.15) is 10.4 Å². The molecule has 0 atom stereocenters. The van der Waals surface area contributed by atoms with Crippen molar-refractivity contribution < 1.29 is 13.2 Å². The molecular formula is C22H16BrN3O3S2. The Kier molecular flexibility index (Phi) is 6.17. The first-order valence-electron chi connectivity index (χ1n) is 9.11. The Labute approximate surface area is 192 Å². The highest BCUT2D eigenvalue weighted by molar-refractivity contribution is 9.10. The van der Waals surface area contributed by atoms with Crippen LogP contribution in [0.25, 0.3) is 11.3 Å². The molecule has 1 aromatic heterocycles. The zero-order chi connectivity index (χ0) is 21.8. The predicted octanol–water partition coefficient (Wildman–Crippen LogP) is 5.63. The Morgan fingerprint density at radius 2 is 1.68 bits per heavy atom. The molecule has 9 heteroatoms. The van der Waals surface area contributed by atoms with Gasteiger partial charge in [0, 0.05) is 26.7 Å². The Hall–Kier alpha value is -3.01. The number of nitrogens with zero attached hydrogens (tertiary/aromatic N) is 1. The van der Waals surface area contributed by atoms with Crippen molar-refractivity contribution in [1.82, 2.24) is 4.98 Å². The molecular weight excluding hydrogens is 498 g/mol. The molecule has 0 spiro atoms. The minimum absolute atomic E-state index is 0.146. The van der Waals surface area contributed by atoms with Gasteiger partial charge in [0.15, 0.2) is 5.13 Å². The summed E-state index contributed by atoms with van der Waals surface area (Å²) in [7, 11) is -3.74. The molecule has 31 heavy (non-hydrogen) atoms. The third-order valence-electron chi connectivity index (χ3n) is 4.30. The van der Waals surface area contributed by atoms with Crippen LogP contribution < -0.4 is 10.0 Å². The van der Waals surface area contributed by atoms with Crippen LogP contribution in [-0.2, 0) is 10.0 Å². The highest BCUT2D eigenvalue weighted by Gasteiger charge is 2.15. The average Bonchev–Trinajstić information content (AvgIpc) is 3.23. The number of thiazole rings is 1. The molecule has 4 aromatic rings. The van der Waals surface area contributed by atoms with E-state index in [0.29, 0.717) is 16.4 Å². The molecule has 4 rings (SSSR count). The number of sulfonamides is 1. The molecule has 1 heterocycles. The lowest BCUT2D eigenvalue weighted by Gasteiger charge is -2.09. The van der Waals surface area contributed by atoms with Crippen molar-refractivity contribution in [1.29, 1.82) is 0 Å². The third kappa shape index (κ3) is 5.19. The van der Waals surface area contributed by atoms with E-state index in [-0.39, 0.29) is 10.8 Å². The summed E-state index contributed by atoms with van der Waals surface area (Å²) in [6.07, 6.45) is 0. The maximum Gasteiger partial charge on any atom is 0.261 e. The Morgan fingerprint density at radius 1 is 0.935 bits per heavy atom. The fourth-order valence-electron chi connectivity index (χ4n) is 2.79. The van der Waals surface area contributed by atoms with Crippen molar-refractivity contribution in [2.45, 2.75) is 4.90 Å². The Morgan fingerprint density at radius 3 is 2.42 bits per heavy atom. The van der Waals surface area contributed by atoms with E-state index >= 15 is 0 Å². The van der Waals surface area contributed by atoms with Gasteiger partial charge in [0.1, 0.15) is 0 Å². The zero-order valence-electron chi connectivity index (χ0n) is 15.9. The van der Waals surface area contributed by atoms with E-state index in [1.54, 1.807) is 36.4 Å². The maximum absolute atomic E-state index is 12.7. The molecule has 0 radical (unpaired) electrons. The van der Waals surface area contributed by atoms with Gasteiger partial charge in [-0.05, 0) is 42.5 Å². The topological polar surface area (TPSA) is 88.2 Å². The monoisotopic (exact) mass is 513 g/mol. The highest BCUT2D eigenvalue weighted by Crippen LogP contribution is 2.26. The number of hydrogen-bond acceptors (Lipinski definition) is 5. The molecule has 0 aliphatic heterocycles. The van der Waals surface area contributed by atoms with E-state index < -0.39 is 10.0 Å². The number of hydrogen-bond donors (Lipinski definition) is 2. The van der Waals surface area contributed by atoms with E-state index in [1.807, 2.05) is 29.6 Å². The maximum atomic E-state index is 12.7. The van der Waals surface area contributed by atoms with E-state index in [9.17, 15) is 13.2 Å². The Balaban J connectivity index is 1.48. The van der Waals surface area contributed by atoms with Crippen molar-refractivity contribution in [3.63, 3.8) is 0 Å². The summed E-state index contributed by atoms with van der Waals surface area (Å²) in [4.78, 5) is 17.3. The lowest BCUT2D eigenvalue weighted by Crippen LogP contribution is -2.15. The second-order valence-corrected chi connectivity index (χ2v) is 9.95. The quantitative estimate of drug-likeness (QED) is 0.349. The smallest absolute Gasteiger partial charge is 0.261 e. The van der Waals surface area contributed by atoms with Gasteiger partial charge >= 0.3 is 0 Å². The van der Waals surface area contributed by atoms with Gasteiger partial charge in [-0.15, -0.1) is 11.3 Å². The van der Waals surface area contributed by atoms with Gasteiger partial charge in [-0.2, -0.15) is 0 Å². The molecule has 1 amide bonds. The number of carbonyl (C=O) groups excluding carboxylic acids is 1. The van der Waals surface area contributed by atoms with Crippen LogP contribution in [0.4, 0.5) is 10.8 Å². The van der Waals surface area contributed by atoms with Crippen LogP contribution in [-0.4, -0.2) is 19.3 Å². The Bertz CT molecular complexity index is 1320. The van der Waals surface area contributed by atoms with Gasteiger partial charge in [-0.3, -0.25) is 14.8 Å². The molecule has 0 saturated carbocycles. The summed E-state index contributed by atoms with van der Waals surface area (Å²) in [5, 5.41) is 5.08. The standard InChI is InChI=1S/C22H16BrN3O3S2/c23-17-11-9-15(10-12-17)20-14-30-22(24-20)25-21(27)16-5-4-6-18(13-16)26-31(28,29)19-7-2-1-3-8-19/h1-14,26H,(H,24,25,27). The summed E-state index contributed by atoms with van der Waals surface area (Å²) in [6, 6.07) is 22.1. The summed E-state index contributed by atoms with van der Waals surface area (Å²) >= 11 is 4.72. The van der Waals surface area contributed by atoms with Gasteiger partial charge in [0.25, 0.3) is 15.9 Å². The molecule has 0 aliphatic carbocycles. The largest absolute Gasteiger partial charge is 0.298 e. The summed E-state index contributed by atoms with van der Waals surface area (Å²) in [6.45, 7) is 0. The SMILES string of the molecule is O=C(Nc1nc(-c2ccc(Br)cc2)cs1)c1cccc(NS(=O)(=O)c2ccccc2)c1. The number of aromatic nitrogens is 1. The van der Waals surface area contributed by atoms with Crippen molar-refractivity contribution in [2.24, 2.45) is 0 Å². The van der Waals surface area contributed by atoms with Crippen LogP contribution in [0.3, 0.4) is 0 Å². The third-order valence-corrected chi connectivity index (χ3v) is 6.98. The molecule has 156 valence electrons. The number of anilines is 2. The fraction of sp³-hybridized carbons (Fsp3) is 0. The average molecular weight is 514 g/mol. The van der Waals surface area contributed by atoms with Crippen LogP contribution in [0, 0.1) is 0 Å². The first-order chi connectivity index (χ1) is 14.9. The van der Waals surface area contributed by atoms with E-state index in [1.165, 1.54) is 29.5 Å². The highest BCUT2D eigenvalue weighted by atomic mass is 79.9. The second kappa shape index (κ2) is 9.01. The van der Waals surface area contributed by atoms with Crippen molar-refractivity contribution in [3.05, 3.63) is 94.3 Å². The summed E-state index contributed by atoms with van der Waals surface area (Å²) in [5.41, 5.74) is 2.31. The molecule has 2 N–H and O–H groups in total. The second-order valence-electron chi connectivity index (χ2n) is 6.50.